The van der Waals surface area contributed by atoms with Gasteiger partial charge in [0.1, 0.15) is 0 Å². The summed E-state index contributed by atoms with van der Waals surface area (Å²) < 4.78 is 6.01. The molecule has 0 fully saturated rings. The largest absolute Gasteiger partial charge is 0.377 e. The Morgan fingerprint density at radius 2 is 1.52 bits per heavy atom. The van der Waals surface area contributed by atoms with E-state index in [1.54, 1.807) is 7.05 Å². The standard InChI is InChI=1S/C26H31N3O2/c1-27-18-29-26(30)28-15-4-2-3-5-16-31-17-22-12-11-21-10-9-19-7-6-8-20-13-14-23(22)25(21)24(19)20/h6-14,27H,2-5,15-18H2,1H3,(H2,28,29,30). The van der Waals surface area contributed by atoms with Crippen molar-refractivity contribution in [2.45, 2.75) is 32.3 Å². The zero-order chi connectivity index (χ0) is 21.5. The highest BCUT2D eigenvalue weighted by Gasteiger charge is 2.10. The highest BCUT2D eigenvalue weighted by molar-refractivity contribution is 6.23. The van der Waals surface area contributed by atoms with Crippen LogP contribution in [0.4, 0.5) is 4.79 Å². The monoisotopic (exact) mass is 417 g/mol. The van der Waals surface area contributed by atoms with Crippen molar-refractivity contribution in [1.29, 1.82) is 0 Å². The molecule has 0 aliphatic heterocycles. The van der Waals surface area contributed by atoms with E-state index in [4.69, 9.17) is 4.74 Å². The average Bonchev–Trinajstić information content (AvgIpc) is 2.80. The van der Waals surface area contributed by atoms with Gasteiger partial charge in [0.2, 0.25) is 0 Å². The second kappa shape index (κ2) is 10.4. The van der Waals surface area contributed by atoms with Gasteiger partial charge in [-0.1, -0.05) is 67.4 Å². The van der Waals surface area contributed by atoms with Crippen molar-refractivity contribution in [3.05, 3.63) is 60.2 Å². The molecule has 0 aromatic heterocycles. The van der Waals surface area contributed by atoms with Crippen LogP contribution < -0.4 is 16.0 Å². The maximum Gasteiger partial charge on any atom is 0.315 e. The molecule has 0 aliphatic rings. The molecular weight excluding hydrogens is 386 g/mol. The second-order valence-corrected chi connectivity index (χ2v) is 8.01. The molecule has 4 aromatic rings. The Bertz CT molecular complexity index is 1130. The summed E-state index contributed by atoms with van der Waals surface area (Å²) in [5.74, 6) is 0. The Kier molecular flexibility index (Phi) is 7.18. The molecule has 0 saturated carbocycles. The van der Waals surface area contributed by atoms with Crippen LogP contribution >= 0.6 is 0 Å². The normalized spacial score (nSPS) is 11.5. The summed E-state index contributed by atoms with van der Waals surface area (Å²) in [4.78, 5) is 11.4. The van der Waals surface area contributed by atoms with Crippen molar-refractivity contribution >= 4 is 38.3 Å². The van der Waals surface area contributed by atoms with Gasteiger partial charge in [0.15, 0.2) is 0 Å². The topological polar surface area (TPSA) is 62.4 Å². The third-order valence-corrected chi connectivity index (χ3v) is 5.80. The number of rotatable bonds is 11. The molecule has 4 rings (SSSR count). The lowest BCUT2D eigenvalue weighted by molar-refractivity contribution is 0.117. The van der Waals surface area contributed by atoms with Crippen molar-refractivity contribution in [2.75, 3.05) is 26.9 Å². The van der Waals surface area contributed by atoms with Gasteiger partial charge in [-0.15, -0.1) is 0 Å². The smallest absolute Gasteiger partial charge is 0.315 e. The van der Waals surface area contributed by atoms with E-state index in [0.717, 1.165) is 32.3 Å². The molecule has 0 unspecified atom stereocenters. The fourth-order valence-corrected chi connectivity index (χ4v) is 4.22. The van der Waals surface area contributed by atoms with Crippen molar-refractivity contribution in [2.24, 2.45) is 0 Å². The number of unbranched alkanes of at least 4 members (excludes halogenated alkanes) is 3. The quantitative estimate of drug-likeness (QED) is 0.180. The van der Waals surface area contributed by atoms with E-state index < -0.39 is 0 Å². The molecule has 2 amide bonds. The number of carbonyl (C=O) groups is 1. The Hall–Kier alpha value is -2.89. The van der Waals surface area contributed by atoms with Gasteiger partial charge in [-0.3, -0.25) is 0 Å². The summed E-state index contributed by atoms with van der Waals surface area (Å²) in [6.45, 7) is 2.59. The van der Waals surface area contributed by atoms with E-state index in [2.05, 4.69) is 70.5 Å². The second-order valence-electron chi connectivity index (χ2n) is 8.01. The van der Waals surface area contributed by atoms with Crippen LogP contribution in [0.15, 0.2) is 54.6 Å². The lowest BCUT2D eigenvalue weighted by Crippen LogP contribution is -2.40. The third-order valence-electron chi connectivity index (χ3n) is 5.80. The van der Waals surface area contributed by atoms with E-state index in [-0.39, 0.29) is 6.03 Å². The van der Waals surface area contributed by atoms with E-state index in [9.17, 15) is 4.79 Å². The van der Waals surface area contributed by atoms with Crippen LogP contribution in [-0.4, -0.2) is 32.9 Å². The minimum Gasteiger partial charge on any atom is -0.377 e. The van der Waals surface area contributed by atoms with Crippen LogP contribution in [0.3, 0.4) is 0 Å². The number of hydrogen-bond acceptors (Lipinski definition) is 3. The zero-order valence-electron chi connectivity index (χ0n) is 18.2. The zero-order valence-corrected chi connectivity index (χ0v) is 18.2. The molecule has 0 atom stereocenters. The van der Waals surface area contributed by atoms with Gasteiger partial charge in [-0.25, -0.2) is 4.79 Å². The summed E-state index contributed by atoms with van der Waals surface area (Å²) in [5, 5.41) is 16.3. The molecule has 31 heavy (non-hydrogen) atoms. The predicted octanol–water partition coefficient (Wildman–Crippen LogP) is 5.14. The summed E-state index contributed by atoms with van der Waals surface area (Å²) in [7, 11) is 1.80. The first-order valence-electron chi connectivity index (χ1n) is 11.2. The molecule has 0 heterocycles. The molecule has 162 valence electrons. The fourth-order valence-electron chi connectivity index (χ4n) is 4.22. The number of nitrogens with one attached hydrogen (secondary N) is 3. The van der Waals surface area contributed by atoms with Crippen molar-refractivity contribution in [1.82, 2.24) is 16.0 Å². The van der Waals surface area contributed by atoms with Gasteiger partial charge in [0, 0.05) is 13.2 Å². The number of hydrogen-bond donors (Lipinski definition) is 3. The average molecular weight is 418 g/mol. The molecule has 0 aliphatic carbocycles. The SMILES string of the molecule is CNCNC(=O)NCCCCCCOCc1ccc2ccc3cccc4ccc1c2c34. The van der Waals surface area contributed by atoms with Gasteiger partial charge in [0.05, 0.1) is 13.3 Å². The van der Waals surface area contributed by atoms with Crippen LogP contribution in [0.5, 0.6) is 0 Å². The summed E-state index contributed by atoms with van der Waals surface area (Å²) in [5.41, 5.74) is 1.25. The van der Waals surface area contributed by atoms with Gasteiger partial charge >= 0.3 is 6.03 Å². The highest BCUT2D eigenvalue weighted by atomic mass is 16.5. The van der Waals surface area contributed by atoms with Gasteiger partial charge in [-0.05, 0) is 57.8 Å². The molecular formula is C26H31N3O2. The Morgan fingerprint density at radius 3 is 2.32 bits per heavy atom. The lowest BCUT2D eigenvalue weighted by atomic mass is 9.92. The van der Waals surface area contributed by atoms with Gasteiger partial charge < -0.3 is 20.7 Å². The molecule has 5 heteroatoms. The minimum atomic E-state index is -0.119. The summed E-state index contributed by atoms with van der Waals surface area (Å²) >= 11 is 0. The first-order chi connectivity index (χ1) is 15.3. The van der Waals surface area contributed by atoms with Crippen molar-refractivity contribution in [3.8, 4) is 0 Å². The number of carbonyl (C=O) groups excluding carboxylic acids is 1. The number of amides is 2. The maximum atomic E-state index is 11.4. The summed E-state index contributed by atoms with van der Waals surface area (Å²) in [6, 6.07) is 19.7. The van der Waals surface area contributed by atoms with Crippen LogP contribution in [0.1, 0.15) is 31.2 Å². The van der Waals surface area contributed by atoms with E-state index in [1.165, 1.54) is 37.9 Å². The molecule has 4 aromatic carbocycles. The number of urea groups is 1. The van der Waals surface area contributed by atoms with Crippen LogP contribution in [0, 0.1) is 0 Å². The predicted molar refractivity (Wildman–Crippen MR) is 129 cm³/mol. The molecule has 0 radical (unpaired) electrons. The summed E-state index contributed by atoms with van der Waals surface area (Å²) in [6.07, 6.45) is 4.23. The van der Waals surface area contributed by atoms with Crippen molar-refractivity contribution in [3.63, 3.8) is 0 Å². The first-order valence-corrected chi connectivity index (χ1v) is 11.2. The number of benzene rings is 4. The molecule has 3 N–H and O–H groups in total. The molecule has 0 spiro atoms. The van der Waals surface area contributed by atoms with Crippen LogP contribution in [0.25, 0.3) is 32.3 Å². The lowest BCUT2D eigenvalue weighted by Gasteiger charge is -2.14. The Balaban J connectivity index is 1.24. The molecule has 0 saturated heterocycles. The first kappa shape index (κ1) is 21.3. The van der Waals surface area contributed by atoms with E-state index in [1.807, 2.05) is 0 Å². The third kappa shape index (κ3) is 5.06. The van der Waals surface area contributed by atoms with Crippen LogP contribution in [0.2, 0.25) is 0 Å². The van der Waals surface area contributed by atoms with Crippen LogP contribution in [-0.2, 0) is 11.3 Å². The van der Waals surface area contributed by atoms with Gasteiger partial charge in [0.25, 0.3) is 0 Å². The van der Waals surface area contributed by atoms with E-state index in [0.29, 0.717) is 19.8 Å². The van der Waals surface area contributed by atoms with Gasteiger partial charge in [-0.2, -0.15) is 0 Å². The van der Waals surface area contributed by atoms with Crippen molar-refractivity contribution < 1.29 is 9.53 Å². The minimum absolute atomic E-state index is 0.119. The molecule has 5 nitrogen and oxygen atoms in total. The number of ether oxygens (including phenoxy) is 1. The highest BCUT2D eigenvalue weighted by Crippen LogP contribution is 2.36. The maximum absolute atomic E-state index is 11.4. The van der Waals surface area contributed by atoms with E-state index >= 15 is 0 Å². The molecule has 0 bridgehead atoms. The Labute approximate surface area is 183 Å². The fraction of sp³-hybridized carbons (Fsp3) is 0.346. The Morgan fingerprint density at radius 1 is 0.806 bits per heavy atom.